The number of likely N-dealkylation sites (tertiary alicyclic amines) is 1. The van der Waals surface area contributed by atoms with Gasteiger partial charge in [0.25, 0.3) is 5.91 Å². The molecule has 2 aromatic heterocycles. The highest BCUT2D eigenvalue weighted by atomic mass is 32.1. The van der Waals surface area contributed by atoms with Crippen LogP contribution >= 0.6 is 11.3 Å². The second kappa shape index (κ2) is 11.8. The highest BCUT2D eigenvalue weighted by Gasteiger charge is 2.28. The summed E-state index contributed by atoms with van der Waals surface area (Å²) in [6, 6.07) is 3.43. The van der Waals surface area contributed by atoms with Crippen molar-refractivity contribution in [2.75, 3.05) is 30.0 Å². The predicted octanol–water partition coefficient (Wildman–Crippen LogP) is 5.47. The zero-order valence-corrected chi connectivity index (χ0v) is 20.8. The van der Waals surface area contributed by atoms with Gasteiger partial charge in [-0.1, -0.05) is 12.2 Å². The highest BCUT2D eigenvalue weighted by molar-refractivity contribution is 7.10. The van der Waals surface area contributed by atoms with E-state index >= 15 is 0 Å². The number of hydrogen-bond donors (Lipinski definition) is 2. The second-order valence-electron chi connectivity index (χ2n) is 8.74. The number of nitrogens with zero attached hydrogens (tertiary/aromatic N) is 4. The number of pyridine rings is 1. The molecule has 0 saturated carbocycles. The molecule has 1 aliphatic heterocycles. The van der Waals surface area contributed by atoms with E-state index in [0.717, 1.165) is 36.5 Å². The van der Waals surface area contributed by atoms with E-state index in [2.05, 4.69) is 26.8 Å². The van der Waals surface area contributed by atoms with Crippen molar-refractivity contribution in [1.82, 2.24) is 14.9 Å². The van der Waals surface area contributed by atoms with Crippen LogP contribution in [0.5, 0.6) is 0 Å². The average molecular weight is 509 g/mol. The minimum Gasteiger partial charge on any atom is -0.317 e. The van der Waals surface area contributed by atoms with E-state index in [1.165, 1.54) is 16.3 Å². The van der Waals surface area contributed by atoms with Gasteiger partial charge in [-0.25, -0.2) is 15.8 Å². The second-order valence-corrected chi connectivity index (χ2v) is 9.63. The van der Waals surface area contributed by atoms with Gasteiger partial charge >= 0.3 is 6.18 Å². The van der Waals surface area contributed by atoms with Gasteiger partial charge in [-0.3, -0.25) is 9.80 Å². The maximum Gasteiger partial charge on any atom is 0.389 e. The molecule has 0 unspecified atom stereocenters. The summed E-state index contributed by atoms with van der Waals surface area (Å²) in [5.41, 5.74) is 2.32. The Hall–Kier alpha value is -2.76. The molecule has 0 atom stereocenters. The van der Waals surface area contributed by atoms with Crippen LogP contribution in [0.2, 0.25) is 0 Å². The van der Waals surface area contributed by atoms with Gasteiger partial charge < -0.3 is 10.2 Å². The number of halogens is 3. The number of nitrogens with one attached hydrogen (secondary N) is 1. The van der Waals surface area contributed by atoms with E-state index in [1.807, 2.05) is 19.9 Å². The number of nitrogens with two attached hydrogens (primary N) is 1. The summed E-state index contributed by atoms with van der Waals surface area (Å²) in [6.07, 6.45) is 0.296. The van der Waals surface area contributed by atoms with Crippen LogP contribution in [0.1, 0.15) is 60.9 Å². The Kier molecular flexibility index (Phi) is 9.03. The smallest absolute Gasteiger partial charge is 0.317 e. The quantitative estimate of drug-likeness (QED) is 0.265. The minimum atomic E-state index is -4.10. The molecule has 3 N–H and O–H groups in total. The standard InChI is InChI=1S/C24H31F3N6OS/c1-16(2)14-17(3)33(28)21-19(6-4-10-29-21)30-22(34)20-15-35-23(31-20)18-7-12-32(13-8-18)11-5-9-24(25,26)27/h4,6,10,14-15,18H,1,5,7-9,11-13,28H2,2-3H3,(H,30,34)/b17-14-. The summed E-state index contributed by atoms with van der Waals surface area (Å²) in [5.74, 6) is 6.43. The van der Waals surface area contributed by atoms with Crippen LogP contribution < -0.4 is 16.2 Å². The molecule has 1 fully saturated rings. The molecular formula is C24H31F3N6OS. The number of amides is 1. The van der Waals surface area contributed by atoms with Crippen LogP contribution in [0.4, 0.5) is 24.7 Å². The summed E-state index contributed by atoms with van der Waals surface area (Å²) in [7, 11) is 0. The molecule has 3 rings (SSSR count). The molecule has 0 spiro atoms. The van der Waals surface area contributed by atoms with Crippen molar-refractivity contribution in [3.8, 4) is 0 Å². The lowest BCUT2D eigenvalue weighted by Crippen LogP contribution is -2.34. The maximum absolute atomic E-state index is 12.9. The first-order valence-corrected chi connectivity index (χ1v) is 12.3. The fourth-order valence-electron chi connectivity index (χ4n) is 3.95. The van der Waals surface area contributed by atoms with E-state index in [-0.39, 0.29) is 18.2 Å². The number of anilines is 2. The molecule has 3 heterocycles. The Morgan fingerprint density at radius 1 is 1.37 bits per heavy atom. The van der Waals surface area contributed by atoms with E-state index in [0.29, 0.717) is 29.4 Å². The van der Waals surface area contributed by atoms with Crippen LogP contribution in [0, 0.1) is 0 Å². The number of thiazole rings is 1. The van der Waals surface area contributed by atoms with E-state index < -0.39 is 12.6 Å². The first kappa shape index (κ1) is 26.8. The van der Waals surface area contributed by atoms with Crippen molar-refractivity contribution < 1.29 is 18.0 Å². The Morgan fingerprint density at radius 3 is 2.74 bits per heavy atom. The molecule has 2 aromatic rings. The number of carbonyl (C=O) groups excluding carboxylic acids is 1. The van der Waals surface area contributed by atoms with Crippen molar-refractivity contribution in [3.63, 3.8) is 0 Å². The SMILES string of the molecule is C=C(C)/C=C(/C)N(N)c1ncccc1NC(=O)c1csc(C2CCN(CCCC(F)(F)F)CC2)n1. The number of piperidine rings is 1. The Bertz CT molecular complexity index is 1060. The minimum absolute atomic E-state index is 0.120. The number of aromatic nitrogens is 2. The van der Waals surface area contributed by atoms with Crippen LogP contribution in [-0.2, 0) is 0 Å². The zero-order valence-electron chi connectivity index (χ0n) is 19.9. The third-order valence-corrected chi connectivity index (χ3v) is 6.73. The van der Waals surface area contributed by atoms with Crippen molar-refractivity contribution >= 4 is 28.7 Å². The number of carbonyl (C=O) groups is 1. The lowest BCUT2D eigenvalue weighted by molar-refractivity contribution is -0.136. The van der Waals surface area contributed by atoms with Crippen molar-refractivity contribution in [2.45, 2.75) is 51.6 Å². The van der Waals surface area contributed by atoms with Crippen LogP contribution in [-0.4, -0.2) is 46.6 Å². The lowest BCUT2D eigenvalue weighted by Gasteiger charge is -2.31. The van der Waals surface area contributed by atoms with E-state index in [9.17, 15) is 18.0 Å². The molecule has 0 radical (unpaired) electrons. The van der Waals surface area contributed by atoms with Gasteiger partial charge in [0.2, 0.25) is 0 Å². The van der Waals surface area contributed by atoms with Crippen LogP contribution in [0.3, 0.4) is 0 Å². The summed E-state index contributed by atoms with van der Waals surface area (Å²) in [5, 5.41) is 6.83. The molecule has 1 aliphatic rings. The molecule has 1 amide bonds. The number of hydrogen-bond acceptors (Lipinski definition) is 7. The third-order valence-electron chi connectivity index (χ3n) is 5.72. The molecule has 0 aromatic carbocycles. The highest BCUT2D eigenvalue weighted by Crippen LogP contribution is 2.31. The number of hydrazine groups is 1. The molecule has 7 nitrogen and oxygen atoms in total. The summed E-state index contributed by atoms with van der Waals surface area (Å²) >= 11 is 1.43. The summed E-state index contributed by atoms with van der Waals surface area (Å²) < 4.78 is 37.1. The molecule has 190 valence electrons. The van der Waals surface area contributed by atoms with Crippen molar-refractivity contribution in [1.29, 1.82) is 0 Å². The lowest BCUT2D eigenvalue weighted by atomic mass is 9.97. The monoisotopic (exact) mass is 508 g/mol. The van der Waals surface area contributed by atoms with E-state index in [4.69, 9.17) is 5.84 Å². The normalized spacial score (nSPS) is 15.8. The van der Waals surface area contributed by atoms with Crippen molar-refractivity contribution in [3.05, 3.63) is 58.3 Å². The third kappa shape index (κ3) is 7.87. The van der Waals surface area contributed by atoms with Crippen LogP contribution in [0.15, 0.2) is 47.6 Å². The number of allylic oxidation sites excluding steroid dienone is 3. The summed E-state index contributed by atoms with van der Waals surface area (Å²) in [6.45, 7) is 9.43. The Balaban J connectivity index is 1.59. The molecule has 1 saturated heterocycles. The van der Waals surface area contributed by atoms with Gasteiger partial charge in [0.15, 0.2) is 5.82 Å². The topological polar surface area (TPSA) is 87.4 Å². The molecule has 0 aliphatic carbocycles. The molecule has 0 bridgehead atoms. The molecular weight excluding hydrogens is 477 g/mol. The first-order chi connectivity index (χ1) is 16.5. The zero-order chi connectivity index (χ0) is 25.6. The van der Waals surface area contributed by atoms with Gasteiger partial charge in [0.1, 0.15) is 5.69 Å². The largest absolute Gasteiger partial charge is 0.389 e. The number of alkyl halides is 3. The average Bonchev–Trinajstić information content (AvgIpc) is 3.29. The fourth-order valence-corrected chi connectivity index (χ4v) is 4.92. The fraction of sp³-hybridized carbons (Fsp3) is 0.458. The Morgan fingerprint density at radius 2 is 2.09 bits per heavy atom. The van der Waals surface area contributed by atoms with Crippen molar-refractivity contribution in [2.24, 2.45) is 5.84 Å². The van der Waals surface area contributed by atoms with Gasteiger partial charge in [0, 0.05) is 29.6 Å². The number of rotatable bonds is 9. The van der Waals surface area contributed by atoms with Gasteiger partial charge in [0.05, 0.1) is 10.7 Å². The van der Waals surface area contributed by atoms with Gasteiger partial charge in [-0.15, -0.1) is 11.3 Å². The molecule has 35 heavy (non-hydrogen) atoms. The van der Waals surface area contributed by atoms with E-state index in [1.54, 1.807) is 23.7 Å². The summed E-state index contributed by atoms with van der Waals surface area (Å²) in [4.78, 5) is 23.8. The molecule has 11 heteroatoms. The van der Waals surface area contributed by atoms with Gasteiger partial charge in [-0.2, -0.15) is 13.2 Å². The Labute approximate surface area is 207 Å². The predicted molar refractivity (Wildman–Crippen MR) is 133 cm³/mol. The van der Waals surface area contributed by atoms with Gasteiger partial charge in [-0.05, 0) is 71.0 Å². The first-order valence-electron chi connectivity index (χ1n) is 11.4. The maximum atomic E-state index is 12.9. The van der Waals surface area contributed by atoms with Crippen LogP contribution in [0.25, 0.3) is 0 Å².